The molecule has 0 amide bonds. The van der Waals surface area contributed by atoms with Crippen LogP contribution in [0.25, 0.3) is 22.6 Å². The summed E-state index contributed by atoms with van der Waals surface area (Å²) in [5.41, 5.74) is 2.72. The van der Waals surface area contributed by atoms with Crippen LogP contribution in [0.1, 0.15) is 49.4 Å². The smallest absolute Gasteiger partial charge is 0.328 e. The van der Waals surface area contributed by atoms with Gasteiger partial charge in [0.1, 0.15) is 11.3 Å². The van der Waals surface area contributed by atoms with Crippen molar-refractivity contribution in [2.45, 2.75) is 38.0 Å². The lowest BCUT2D eigenvalue weighted by molar-refractivity contribution is -0.131. The van der Waals surface area contributed by atoms with Crippen molar-refractivity contribution in [1.29, 1.82) is 0 Å². The zero-order valence-electron chi connectivity index (χ0n) is 13.7. The molecule has 0 atom stereocenters. The Kier molecular flexibility index (Phi) is 3.87. The first kappa shape index (κ1) is 15.6. The highest BCUT2D eigenvalue weighted by molar-refractivity contribution is 5.87. The lowest BCUT2D eigenvalue weighted by Crippen LogP contribution is -2.14. The normalized spacial score (nSPS) is 16.2. The van der Waals surface area contributed by atoms with Gasteiger partial charge < -0.3 is 10.1 Å². The van der Waals surface area contributed by atoms with Gasteiger partial charge >= 0.3 is 5.97 Å². The molecule has 0 spiro atoms. The molecule has 2 aromatic heterocycles. The van der Waals surface area contributed by atoms with E-state index >= 15 is 0 Å². The van der Waals surface area contributed by atoms with Crippen LogP contribution in [-0.2, 0) is 4.79 Å². The lowest BCUT2D eigenvalue weighted by atomic mass is 9.89. The third-order valence-electron chi connectivity index (χ3n) is 4.92. The van der Waals surface area contributed by atoms with Gasteiger partial charge in [0.15, 0.2) is 0 Å². The second-order valence-corrected chi connectivity index (χ2v) is 6.57. The van der Waals surface area contributed by atoms with Crippen LogP contribution in [0.15, 0.2) is 35.3 Å². The quantitative estimate of drug-likeness (QED) is 0.718. The molecule has 1 aliphatic carbocycles. The minimum absolute atomic E-state index is 0.157. The van der Waals surface area contributed by atoms with E-state index in [0.29, 0.717) is 11.4 Å². The van der Waals surface area contributed by atoms with Gasteiger partial charge in [-0.05, 0) is 36.6 Å². The van der Waals surface area contributed by atoms with Gasteiger partial charge in [0.2, 0.25) is 0 Å². The maximum atomic E-state index is 12.4. The van der Waals surface area contributed by atoms with Crippen molar-refractivity contribution < 1.29 is 9.90 Å². The molecule has 1 saturated carbocycles. The summed E-state index contributed by atoms with van der Waals surface area (Å²) in [6, 6.07) is 5.49. The summed E-state index contributed by atoms with van der Waals surface area (Å²) in [7, 11) is 0. The molecular weight excluding hydrogens is 318 g/mol. The van der Waals surface area contributed by atoms with Crippen LogP contribution in [0, 0.1) is 0 Å². The van der Waals surface area contributed by atoms with E-state index in [9.17, 15) is 9.59 Å². The van der Waals surface area contributed by atoms with E-state index in [1.54, 1.807) is 18.3 Å². The van der Waals surface area contributed by atoms with Crippen LogP contribution >= 0.6 is 0 Å². The van der Waals surface area contributed by atoms with Gasteiger partial charge in [-0.25, -0.2) is 9.78 Å². The Labute approximate surface area is 143 Å². The fraction of sp³-hybridized carbons (Fsp3) is 0.316. The molecular formula is C19H19N3O3. The van der Waals surface area contributed by atoms with Gasteiger partial charge in [-0.3, -0.25) is 9.20 Å². The molecule has 2 N–H and O–H groups in total. The third-order valence-corrected chi connectivity index (χ3v) is 4.92. The molecule has 2 heterocycles. The van der Waals surface area contributed by atoms with Crippen LogP contribution in [0.5, 0.6) is 0 Å². The van der Waals surface area contributed by atoms with Crippen LogP contribution in [0.4, 0.5) is 0 Å². The molecule has 0 unspecified atom stereocenters. The monoisotopic (exact) mass is 337 g/mol. The van der Waals surface area contributed by atoms with Gasteiger partial charge in [-0.15, -0.1) is 0 Å². The van der Waals surface area contributed by atoms with Gasteiger partial charge in [0, 0.05) is 12.0 Å². The average molecular weight is 337 g/mol. The maximum absolute atomic E-state index is 12.4. The first-order valence-corrected chi connectivity index (χ1v) is 8.58. The Balaban J connectivity index is 1.95. The summed E-state index contributed by atoms with van der Waals surface area (Å²) < 4.78 is 1.95. The number of rotatable bonds is 3. The number of nitrogens with one attached hydrogen (secondary N) is 1. The average Bonchev–Trinajstić information content (AvgIpc) is 3.07. The van der Waals surface area contributed by atoms with Crippen LogP contribution < -0.4 is 5.56 Å². The number of nitrogens with zero attached hydrogens (tertiary/aromatic N) is 2. The second-order valence-electron chi connectivity index (χ2n) is 6.57. The third kappa shape index (κ3) is 2.84. The largest absolute Gasteiger partial charge is 0.478 e. The summed E-state index contributed by atoms with van der Waals surface area (Å²) in [6.45, 7) is 0. The van der Waals surface area contributed by atoms with Crippen LogP contribution in [0.3, 0.4) is 0 Å². The minimum Gasteiger partial charge on any atom is -0.478 e. The predicted octanol–water partition coefficient (Wildman–Crippen LogP) is 3.32. The van der Waals surface area contributed by atoms with Crippen molar-refractivity contribution in [3.63, 3.8) is 0 Å². The lowest BCUT2D eigenvalue weighted by Gasteiger charge is -2.21. The number of imidazole rings is 1. The number of hydrogen-bond donors (Lipinski definition) is 2. The molecule has 0 saturated heterocycles. The Hall–Kier alpha value is -2.89. The van der Waals surface area contributed by atoms with E-state index in [-0.39, 0.29) is 5.56 Å². The number of aromatic amines is 1. The van der Waals surface area contributed by atoms with E-state index in [1.807, 2.05) is 16.5 Å². The number of carbonyl (C=O) groups is 1. The predicted molar refractivity (Wildman–Crippen MR) is 95.8 cm³/mol. The molecule has 128 valence electrons. The fourth-order valence-corrected chi connectivity index (χ4v) is 3.73. The molecule has 1 aromatic carbocycles. The van der Waals surface area contributed by atoms with E-state index < -0.39 is 5.97 Å². The molecule has 0 radical (unpaired) electrons. The standard InChI is InChI=1S/C19H19N3O3/c23-17(24)9-7-12-6-8-14-15(10-12)22-16(19(25)21-14)11-20-18(22)13-4-2-1-3-5-13/h6-11,13H,1-5H2,(H,21,25)(H,23,24). The number of aliphatic carboxylic acids is 1. The highest BCUT2D eigenvalue weighted by Gasteiger charge is 2.21. The first-order valence-electron chi connectivity index (χ1n) is 8.58. The molecule has 4 rings (SSSR count). The summed E-state index contributed by atoms with van der Waals surface area (Å²) in [4.78, 5) is 30.6. The van der Waals surface area contributed by atoms with E-state index in [0.717, 1.165) is 41.3 Å². The van der Waals surface area contributed by atoms with E-state index in [2.05, 4.69) is 9.97 Å². The zero-order valence-corrected chi connectivity index (χ0v) is 13.7. The van der Waals surface area contributed by atoms with Gasteiger partial charge in [0.25, 0.3) is 5.56 Å². The summed E-state index contributed by atoms with van der Waals surface area (Å²) in [5.74, 6) is 0.307. The van der Waals surface area contributed by atoms with Gasteiger partial charge in [-0.1, -0.05) is 25.3 Å². The van der Waals surface area contributed by atoms with Gasteiger partial charge in [0.05, 0.1) is 17.2 Å². The Bertz CT molecular complexity index is 1040. The van der Waals surface area contributed by atoms with Crippen LogP contribution in [0.2, 0.25) is 0 Å². The van der Waals surface area contributed by atoms with E-state index in [4.69, 9.17) is 5.11 Å². The Morgan fingerprint density at radius 1 is 1.24 bits per heavy atom. The van der Waals surface area contributed by atoms with Crippen LogP contribution in [-0.4, -0.2) is 25.4 Å². The number of carboxylic acid groups (broad SMARTS) is 1. The number of benzene rings is 1. The fourth-order valence-electron chi connectivity index (χ4n) is 3.73. The Morgan fingerprint density at radius 2 is 2.04 bits per heavy atom. The number of carboxylic acids is 1. The molecule has 6 heteroatoms. The molecule has 0 bridgehead atoms. The zero-order chi connectivity index (χ0) is 17.4. The van der Waals surface area contributed by atoms with Crippen molar-refractivity contribution in [2.75, 3.05) is 0 Å². The number of aromatic nitrogens is 3. The number of H-pyrrole nitrogens is 1. The highest BCUT2D eigenvalue weighted by atomic mass is 16.4. The molecule has 1 aliphatic rings. The summed E-state index contributed by atoms with van der Waals surface area (Å²) in [6.07, 6.45) is 10.1. The van der Waals surface area contributed by atoms with Crippen molar-refractivity contribution in [2.24, 2.45) is 0 Å². The molecule has 25 heavy (non-hydrogen) atoms. The summed E-state index contributed by atoms with van der Waals surface area (Å²) in [5, 5.41) is 8.83. The number of hydrogen-bond acceptors (Lipinski definition) is 3. The Morgan fingerprint density at radius 3 is 2.80 bits per heavy atom. The van der Waals surface area contributed by atoms with Crippen molar-refractivity contribution >= 4 is 28.6 Å². The maximum Gasteiger partial charge on any atom is 0.328 e. The minimum atomic E-state index is -0.989. The molecule has 1 fully saturated rings. The van der Waals surface area contributed by atoms with Crippen molar-refractivity contribution in [3.05, 3.63) is 52.2 Å². The molecule has 0 aliphatic heterocycles. The van der Waals surface area contributed by atoms with Crippen molar-refractivity contribution in [1.82, 2.24) is 14.4 Å². The van der Waals surface area contributed by atoms with E-state index in [1.165, 1.54) is 19.3 Å². The van der Waals surface area contributed by atoms with Crippen molar-refractivity contribution in [3.8, 4) is 0 Å². The topological polar surface area (TPSA) is 87.5 Å². The second kappa shape index (κ2) is 6.20. The first-order chi connectivity index (χ1) is 12.1. The molecule has 3 aromatic rings. The number of fused-ring (bicyclic) bond motifs is 3. The SMILES string of the molecule is O=C(O)C=Cc1ccc2[nH]c(=O)c3cnc(C4CCCCC4)n3c2c1. The molecule has 6 nitrogen and oxygen atoms in total. The van der Waals surface area contributed by atoms with Gasteiger partial charge in [-0.2, -0.15) is 0 Å². The highest BCUT2D eigenvalue weighted by Crippen LogP contribution is 2.33. The summed E-state index contributed by atoms with van der Waals surface area (Å²) >= 11 is 0.